The fourth-order valence-electron chi connectivity index (χ4n) is 2.76. The van der Waals surface area contributed by atoms with E-state index in [4.69, 9.17) is 11.6 Å². The third-order valence-electron chi connectivity index (χ3n) is 3.54. The van der Waals surface area contributed by atoms with E-state index in [-0.39, 0.29) is 0 Å². The number of nitrogens with zero attached hydrogens (tertiary/aromatic N) is 2. The highest BCUT2D eigenvalue weighted by atomic mass is 35.5. The zero-order valence-corrected chi connectivity index (χ0v) is 9.06. The maximum Gasteiger partial charge on any atom is 0.130 e. The van der Waals surface area contributed by atoms with Crippen LogP contribution in [0.3, 0.4) is 0 Å². The summed E-state index contributed by atoms with van der Waals surface area (Å²) in [5, 5.41) is 5.59. The SMILES string of the molecule is Clc1c2c(nn1C1CCCC1)CCC2. The molecule has 1 fully saturated rings. The highest BCUT2D eigenvalue weighted by molar-refractivity contribution is 6.30. The van der Waals surface area contributed by atoms with Crippen molar-refractivity contribution in [3.63, 3.8) is 0 Å². The summed E-state index contributed by atoms with van der Waals surface area (Å²) in [7, 11) is 0. The lowest BCUT2D eigenvalue weighted by molar-refractivity contribution is 0.462. The first-order chi connectivity index (χ1) is 6.86. The monoisotopic (exact) mass is 210 g/mol. The number of aryl methyl sites for hydroxylation is 1. The molecule has 0 N–H and O–H groups in total. The van der Waals surface area contributed by atoms with E-state index in [0.717, 1.165) is 18.0 Å². The van der Waals surface area contributed by atoms with Gasteiger partial charge in [-0.1, -0.05) is 24.4 Å². The summed E-state index contributed by atoms with van der Waals surface area (Å²) in [6.45, 7) is 0. The Morgan fingerprint density at radius 3 is 2.64 bits per heavy atom. The van der Waals surface area contributed by atoms with Gasteiger partial charge in [0, 0.05) is 5.56 Å². The van der Waals surface area contributed by atoms with E-state index in [1.165, 1.54) is 43.4 Å². The van der Waals surface area contributed by atoms with Gasteiger partial charge in [0.1, 0.15) is 5.15 Å². The van der Waals surface area contributed by atoms with E-state index in [2.05, 4.69) is 9.78 Å². The molecule has 0 bridgehead atoms. The molecule has 0 atom stereocenters. The number of hydrogen-bond acceptors (Lipinski definition) is 1. The van der Waals surface area contributed by atoms with Gasteiger partial charge in [-0.05, 0) is 32.1 Å². The molecule has 1 aromatic rings. The van der Waals surface area contributed by atoms with E-state index < -0.39 is 0 Å². The largest absolute Gasteiger partial charge is 0.250 e. The molecule has 2 nitrogen and oxygen atoms in total. The van der Waals surface area contributed by atoms with Crippen molar-refractivity contribution in [3.05, 3.63) is 16.4 Å². The fraction of sp³-hybridized carbons (Fsp3) is 0.727. The van der Waals surface area contributed by atoms with E-state index in [1.54, 1.807) is 0 Å². The smallest absolute Gasteiger partial charge is 0.130 e. The van der Waals surface area contributed by atoms with Gasteiger partial charge in [0.2, 0.25) is 0 Å². The Kier molecular flexibility index (Phi) is 2.05. The van der Waals surface area contributed by atoms with Gasteiger partial charge in [-0.3, -0.25) is 4.68 Å². The summed E-state index contributed by atoms with van der Waals surface area (Å²) >= 11 is 6.35. The molecule has 1 saturated carbocycles. The Balaban J connectivity index is 1.98. The van der Waals surface area contributed by atoms with Gasteiger partial charge >= 0.3 is 0 Å². The summed E-state index contributed by atoms with van der Waals surface area (Å²) in [6, 6.07) is 0.591. The van der Waals surface area contributed by atoms with Crippen LogP contribution in [0.1, 0.15) is 49.4 Å². The fourth-order valence-corrected chi connectivity index (χ4v) is 3.14. The van der Waals surface area contributed by atoms with E-state index in [9.17, 15) is 0 Å². The number of hydrogen-bond donors (Lipinski definition) is 0. The van der Waals surface area contributed by atoms with Gasteiger partial charge in [-0.2, -0.15) is 5.10 Å². The molecule has 76 valence electrons. The van der Waals surface area contributed by atoms with Crippen molar-refractivity contribution in [2.75, 3.05) is 0 Å². The summed E-state index contributed by atoms with van der Waals surface area (Å²) in [5.74, 6) is 0. The van der Waals surface area contributed by atoms with Crippen molar-refractivity contribution in [2.45, 2.75) is 51.0 Å². The Labute approximate surface area is 89.2 Å². The molecule has 0 unspecified atom stereocenters. The first-order valence-corrected chi connectivity index (χ1v) is 6.00. The molecule has 3 heteroatoms. The molecule has 1 heterocycles. The molecule has 2 aliphatic rings. The van der Waals surface area contributed by atoms with Crippen molar-refractivity contribution in [3.8, 4) is 0 Å². The first-order valence-electron chi connectivity index (χ1n) is 5.62. The molecule has 0 saturated heterocycles. The van der Waals surface area contributed by atoms with Crippen LogP contribution in [-0.4, -0.2) is 9.78 Å². The van der Waals surface area contributed by atoms with Gasteiger partial charge in [0.25, 0.3) is 0 Å². The zero-order valence-electron chi connectivity index (χ0n) is 8.30. The van der Waals surface area contributed by atoms with E-state index in [0.29, 0.717) is 6.04 Å². The lowest BCUT2D eigenvalue weighted by Crippen LogP contribution is -2.07. The number of rotatable bonds is 1. The summed E-state index contributed by atoms with van der Waals surface area (Å²) < 4.78 is 2.10. The molecule has 0 aliphatic heterocycles. The molecular formula is C11H15ClN2. The van der Waals surface area contributed by atoms with Crippen LogP contribution in [0.5, 0.6) is 0 Å². The molecule has 14 heavy (non-hydrogen) atoms. The molecule has 0 spiro atoms. The topological polar surface area (TPSA) is 17.8 Å². The number of halogens is 1. The van der Waals surface area contributed by atoms with E-state index in [1.807, 2.05) is 0 Å². The maximum atomic E-state index is 6.35. The van der Waals surface area contributed by atoms with Gasteiger partial charge in [-0.25, -0.2) is 0 Å². The molecule has 1 aromatic heterocycles. The van der Waals surface area contributed by atoms with Crippen LogP contribution in [0.2, 0.25) is 5.15 Å². The first kappa shape index (κ1) is 8.78. The molecule has 0 radical (unpaired) electrons. The second kappa shape index (κ2) is 3.27. The van der Waals surface area contributed by atoms with E-state index >= 15 is 0 Å². The predicted molar refractivity (Wildman–Crippen MR) is 56.8 cm³/mol. The Hall–Kier alpha value is -0.500. The van der Waals surface area contributed by atoms with Gasteiger partial charge < -0.3 is 0 Å². The summed E-state index contributed by atoms with van der Waals surface area (Å²) in [5.41, 5.74) is 2.60. The van der Waals surface area contributed by atoms with Crippen LogP contribution in [0.4, 0.5) is 0 Å². The lowest BCUT2D eigenvalue weighted by atomic mass is 10.2. The van der Waals surface area contributed by atoms with Gasteiger partial charge in [0.15, 0.2) is 0 Å². The molecule has 3 rings (SSSR count). The average Bonchev–Trinajstić information content (AvgIpc) is 2.84. The van der Waals surface area contributed by atoms with Crippen molar-refractivity contribution < 1.29 is 0 Å². The Morgan fingerprint density at radius 1 is 1.14 bits per heavy atom. The zero-order chi connectivity index (χ0) is 9.54. The minimum atomic E-state index is 0.591. The highest BCUT2D eigenvalue weighted by Crippen LogP contribution is 2.36. The van der Waals surface area contributed by atoms with Crippen molar-refractivity contribution >= 4 is 11.6 Å². The van der Waals surface area contributed by atoms with Crippen LogP contribution in [0.25, 0.3) is 0 Å². The normalized spacial score (nSPS) is 21.8. The Bertz CT molecular complexity index is 350. The average molecular weight is 211 g/mol. The van der Waals surface area contributed by atoms with Crippen molar-refractivity contribution in [2.24, 2.45) is 0 Å². The Morgan fingerprint density at radius 2 is 1.93 bits per heavy atom. The lowest BCUT2D eigenvalue weighted by Gasteiger charge is -2.11. The predicted octanol–water partition coefficient (Wildman–Crippen LogP) is 3.14. The molecule has 2 aliphatic carbocycles. The van der Waals surface area contributed by atoms with Gasteiger partial charge in [-0.15, -0.1) is 0 Å². The summed E-state index contributed by atoms with van der Waals surface area (Å²) in [4.78, 5) is 0. The number of fused-ring (bicyclic) bond motifs is 1. The third-order valence-corrected chi connectivity index (χ3v) is 3.94. The highest BCUT2D eigenvalue weighted by Gasteiger charge is 2.26. The molecular weight excluding hydrogens is 196 g/mol. The minimum Gasteiger partial charge on any atom is -0.250 e. The second-order valence-electron chi connectivity index (χ2n) is 4.45. The van der Waals surface area contributed by atoms with Crippen LogP contribution >= 0.6 is 11.6 Å². The quantitative estimate of drug-likeness (QED) is 0.697. The van der Waals surface area contributed by atoms with Crippen molar-refractivity contribution in [1.29, 1.82) is 0 Å². The van der Waals surface area contributed by atoms with Crippen LogP contribution in [0, 0.1) is 0 Å². The second-order valence-corrected chi connectivity index (χ2v) is 4.81. The van der Waals surface area contributed by atoms with Crippen LogP contribution < -0.4 is 0 Å². The standard InChI is InChI=1S/C11H15ClN2/c12-11-9-6-3-7-10(9)13-14(11)8-4-1-2-5-8/h8H,1-7H2. The molecule has 0 aromatic carbocycles. The third kappa shape index (κ3) is 1.20. The van der Waals surface area contributed by atoms with Crippen LogP contribution in [0.15, 0.2) is 0 Å². The molecule has 0 amide bonds. The number of aromatic nitrogens is 2. The maximum absolute atomic E-state index is 6.35. The van der Waals surface area contributed by atoms with Crippen LogP contribution in [-0.2, 0) is 12.8 Å². The van der Waals surface area contributed by atoms with Crippen molar-refractivity contribution in [1.82, 2.24) is 9.78 Å². The minimum absolute atomic E-state index is 0.591. The summed E-state index contributed by atoms with van der Waals surface area (Å²) in [6.07, 6.45) is 8.72. The van der Waals surface area contributed by atoms with Gasteiger partial charge in [0.05, 0.1) is 11.7 Å².